The molecule has 19 heavy (non-hydrogen) atoms. The molecule has 2 rings (SSSR count). The topological polar surface area (TPSA) is 12.0 Å². The van der Waals surface area contributed by atoms with Gasteiger partial charge in [-0.15, -0.1) is 0 Å². The van der Waals surface area contributed by atoms with Crippen molar-refractivity contribution < 1.29 is 0 Å². The van der Waals surface area contributed by atoms with Gasteiger partial charge in [-0.1, -0.05) is 47.0 Å². The summed E-state index contributed by atoms with van der Waals surface area (Å²) in [4.78, 5) is 0. The van der Waals surface area contributed by atoms with Crippen LogP contribution in [0, 0.1) is 23.2 Å². The van der Waals surface area contributed by atoms with Crippen LogP contribution in [0.15, 0.2) is 0 Å². The van der Waals surface area contributed by atoms with Crippen molar-refractivity contribution in [2.45, 2.75) is 85.1 Å². The molecule has 0 aromatic heterocycles. The minimum atomic E-state index is 0.551. The Bertz CT molecular complexity index is 263. The third kappa shape index (κ3) is 4.77. The molecule has 2 aliphatic rings. The zero-order chi connectivity index (χ0) is 13.9. The maximum absolute atomic E-state index is 3.91. The van der Waals surface area contributed by atoms with E-state index < -0.39 is 0 Å². The van der Waals surface area contributed by atoms with Crippen molar-refractivity contribution in [2.75, 3.05) is 6.54 Å². The molecule has 1 heteroatoms. The second kappa shape index (κ2) is 6.61. The molecule has 2 atom stereocenters. The fraction of sp³-hybridized carbons (Fsp3) is 1.00. The Balaban J connectivity index is 1.71. The molecule has 1 nitrogen and oxygen atoms in total. The molecule has 0 heterocycles. The Labute approximate surface area is 120 Å². The van der Waals surface area contributed by atoms with Crippen LogP contribution in [0.3, 0.4) is 0 Å². The second-order valence-corrected chi connectivity index (χ2v) is 8.31. The third-order valence-electron chi connectivity index (χ3n) is 5.63. The first-order valence-electron chi connectivity index (χ1n) is 8.72. The van der Waals surface area contributed by atoms with Crippen LogP contribution in [0.4, 0.5) is 0 Å². The van der Waals surface area contributed by atoms with Crippen LogP contribution in [-0.4, -0.2) is 12.6 Å². The first kappa shape index (κ1) is 15.4. The number of hydrogen-bond donors (Lipinski definition) is 1. The Kier molecular flexibility index (Phi) is 5.34. The van der Waals surface area contributed by atoms with E-state index in [0.717, 1.165) is 23.8 Å². The minimum Gasteiger partial charge on any atom is -0.314 e. The highest BCUT2D eigenvalue weighted by Gasteiger charge is 2.32. The Hall–Kier alpha value is -0.0400. The summed E-state index contributed by atoms with van der Waals surface area (Å²) in [6, 6.07) is 0.780. The van der Waals surface area contributed by atoms with Gasteiger partial charge in [0.15, 0.2) is 0 Å². The highest BCUT2D eigenvalue weighted by Crippen LogP contribution is 2.38. The highest BCUT2D eigenvalue weighted by atomic mass is 14.9. The molecule has 0 aliphatic heterocycles. The third-order valence-corrected chi connectivity index (χ3v) is 5.63. The molecule has 2 unspecified atom stereocenters. The molecular weight excluding hydrogens is 230 g/mol. The predicted molar refractivity (Wildman–Crippen MR) is 84.3 cm³/mol. The molecule has 0 radical (unpaired) electrons. The van der Waals surface area contributed by atoms with E-state index in [1.54, 1.807) is 0 Å². The van der Waals surface area contributed by atoms with Crippen molar-refractivity contribution in [3.63, 3.8) is 0 Å². The lowest BCUT2D eigenvalue weighted by atomic mass is 9.70. The molecule has 0 aromatic carbocycles. The van der Waals surface area contributed by atoms with E-state index in [-0.39, 0.29) is 0 Å². The Morgan fingerprint density at radius 3 is 2.21 bits per heavy atom. The number of rotatable bonds is 4. The zero-order valence-electron chi connectivity index (χ0n) is 13.7. The normalized spacial score (nSPS) is 39.2. The van der Waals surface area contributed by atoms with Gasteiger partial charge < -0.3 is 5.32 Å². The molecule has 112 valence electrons. The average molecular weight is 265 g/mol. The molecule has 0 amide bonds. The van der Waals surface area contributed by atoms with Crippen molar-refractivity contribution in [3.8, 4) is 0 Å². The number of nitrogens with one attached hydrogen (secondary N) is 1. The summed E-state index contributed by atoms with van der Waals surface area (Å²) in [5.74, 6) is 2.89. The van der Waals surface area contributed by atoms with Gasteiger partial charge >= 0.3 is 0 Å². The smallest absolute Gasteiger partial charge is 0.00748 e. The van der Waals surface area contributed by atoms with Crippen LogP contribution < -0.4 is 5.32 Å². The van der Waals surface area contributed by atoms with Crippen LogP contribution >= 0.6 is 0 Å². The zero-order valence-corrected chi connectivity index (χ0v) is 13.7. The van der Waals surface area contributed by atoms with Crippen LogP contribution in [-0.2, 0) is 0 Å². The van der Waals surface area contributed by atoms with Crippen molar-refractivity contribution in [1.82, 2.24) is 5.32 Å². The maximum Gasteiger partial charge on any atom is 0.00748 e. The summed E-state index contributed by atoms with van der Waals surface area (Å²) >= 11 is 0. The molecule has 2 saturated carbocycles. The molecule has 0 spiro atoms. The van der Waals surface area contributed by atoms with Gasteiger partial charge in [-0.2, -0.15) is 0 Å². The predicted octanol–water partition coefficient (Wildman–Crippen LogP) is 5.01. The van der Waals surface area contributed by atoms with Crippen molar-refractivity contribution in [1.29, 1.82) is 0 Å². The lowest BCUT2D eigenvalue weighted by Crippen LogP contribution is -2.42. The van der Waals surface area contributed by atoms with Crippen molar-refractivity contribution in [3.05, 3.63) is 0 Å². The van der Waals surface area contributed by atoms with Crippen LogP contribution in [0.25, 0.3) is 0 Å². The van der Waals surface area contributed by atoms with Gasteiger partial charge in [0, 0.05) is 6.04 Å². The van der Waals surface area contributed by atoms with Gasteiger partial charge in [-0.3, -0.25) is 0 Å². The van der Waals surface area contributed by atoms with Crippen LogP contribution in [0.5, 0.6) is 0 Å². The van der Waals surface area contributed by atoms with Crippen molar-refractivity contribution >= 4 is 0 Å². The largest absolute Gasteiger partial charge is 0.314 e. The molecule has 2 fully saturated rings. The SMILES string of the molecule is CCC1CCC(CNC2CC(C)CC(C)(C)C2)CC1. The quantitative estimate of drug-likeness (QED) is 0.753. The second-order valence-electron chi connectivity index (χ2n) is 8.31. The lowest BCUT2D eigenvalue weighted by Gasteiger charge is -2.40. The molecule has 0 saturated heterocycles. The summed E-state index contributed by atoms with van der Waals surface area (Å²) in [5.41, 5.74) is 0.551. The van der Waals surface area contributed by atoms with E-state index in [9.17, 15) is 0 Å². The van der Waals surface area contributed by atoms with Crippen LogP contribution in [0.1, 0.15) is 79.1 Å². The maximum atomic E-state index is 3.91. The van der Waals surface area contributed by atoms with Gasteiger partial charge in [0.25, 0.3) is 0 Å². The average Bonchev–Trinajstić information content (AvgIpc) is 2.34. The summed E-state index contributed by atoms with van der Waals surface area (Å²) < 4.78 is 0. The van der Waals surface area contributed by atoms with E-state index in [1.807, 2.05) is 0 Å². The first-order chi connectivity index (χ1) is 8.98. The Morgan fingerprint density at radius 1 is 1.00 bits per heavy atom. The van der Waals surface area contributed by atoms with Crippen molar-refractivity contribution in [2.24, 2.45) is 23.2 Å². The summed E-state index contributed by atoms with van der Waals surface area (Å²) in [6.07, 6.45) is 11.5. The van der Waals surface area contributed by atoms with E-state index in [2.05, 4.69) is 33.0 Å². The molecule has 1 N–H and O–H groups in total. The van der Waals surface area contributed by atoms with Gasteiger partial charge in [0.2, 0.25) is 0 Å². The van der Waals surface area contributed by atoms with E-state index in [4.69, 9.17) is 0 Å². The first-order valence-corrected chi connectivity index (χ1v) is 8.72. The fourth-order valence-corrected chi connectivity index (χ4v) is 4.68. The van der Waals surface area contributed by atoms with Gasteiger partial charge in [0.05, 0.1) is 0 Å². The van der Waals surface area contributed by atoms with E-state index in [1.165, 1.54) is 57.9 Å². The summed E-state index contributed by atoms with van der Waals surface area (Å²) in [6.45, 7) is 11.0. The standard InChI is InChI=1S/C18H35N/c1-5-15-6-8-16(9-7-15)13-19-17-10-14(2)11-18(3,4)12-17/h14-17,19H,5-13H2,1-4H3. The van der Waals surface area contributed by atoms with E-state index in [0.29, 0.717) is 5.41 Å². The fourth-order valence-electron chi connectivity index (χ4n) is 4.68. The lowest BCUT2D eigenvalue weighted by molar-refractivity contribution is 0.144. The van der Waals surface area contributed by atoms with Gasteiger partial charge in [-0.25, -0.2) is 0 Å². The summed E-state index contributed by atoms with van der Waals surface area (Å²) in [5, 5.41) is 3.91. The molecular formula is C18H35N. The highest BCUT2D eigenvalue weighted by molar-refractivity contribution is 4.87. The molecule has 2 aliphatic carbocycles. The van der Waals surface area contributed by atoms with Gasteiger partial charge in [0.1, 0.15) is 0 Å². The van der Waals surface area contributed by atoms with Crippen LogP contribution in [0.2, 0.25) is 0 Å². The summed E-state index contributed by atoms with van der Waals surface area (Å²) in [7, 11) is 0. The minimum absolute atomic E-state index is 0.551. The Morgan fingerprint density at radius 2 is 1.63 bits per heavy atom. The number of hydrogen-bond acceptors (Lipinski definition) is 1. The molecule has 0 aromatic rings. The van der Waals surface area contributed by atoms with Gasteiger partial charge in [-0.05, 0) is 61.8 Å². The van der Waals surface area contributed by atoms with E-state index >= 15 is 0 Å². The molecule has 0 bridgehead atoms. The monoisotopic (exact) mass is 265 g/mol.